The molecule has 72 heteroatoms. The van der Waals surface area contributed by atoms with Gasteiger partial charge in [-0.3, -0.25) is 113 Å². The van der Waals surface area contributed by atoms with E-state index in [4.69, 9.17) is 14.2 Å². The molecule has 0 rings (SSSR count). The molecule has 0 heterocycles. The highest BCUT2D eigenvalue weighted by molar-refractivity contribution is 8.29. The average molecular weight is 2370 g/mol. The topological polar surface area (TPSA) is 664 Å². The molecule has 0 aliphatic carbocycles. The molecule has 42 nitrogen and oxygen atoms in total. The van der Waals surface area contributed by atoms with Crippen LogP contribution in [0.2, 0.25) is 0 Å². The largest absolute Gasteiger partial charge is 0.496 e. The van der Waals surface area contributed by atoms with Gasteiger partial charge >= 0.3 is 57.8 Å². The van der Waals surface area contributed by atoms with E-state index in [1.54, 1.807) is 76.2 Å². The Balaban J connectivity index is -0.000000391. The molecule has 0 aromatic heterocycles. The highest BCUT2D eigenvalue weighted by Gasteiger charge is 2.54. The Labute approximate surface area is 813 Å². The van der Waals surface area contributed by atoms with E-state index in [9.17, 15) is 217 Å². The zero-order valence-corrected chi connectivity index (χ0v) is 91.7. The highest BCUT2D eigenvalue weighted by atomic mass is 32.3. The Morgan fingerprint density at radius 2 is 0.489 bits per heavy atom. The fourth-order valence-corrected chi connectivity index (χ4v) is 31.6. The second-order valence-corrected chi connectivity index (χ2v) is 63.0. The summed E-state index contributed by atoms with van der Waals surface area (Å²) in [5.74, 6) is -16.9. The molecule has 141 heavy (non-hydrogen) atoms. The average Bonchev–Trinajstić information content (AvgIpc) is 0.750. The third kappa shape index (κ3) is 53.1. The number of rotatable bonds is 51. The predicted octanol–water partition coefficient (Wildman–Crippen LogP) is 9.74. The first kappa shape index (κ1) is 147. The van der Waals surface area contributed by atoms with E-state index >= 15 is 0 Å². The van der Waals surface area contributed by atoms with Crippen LogP contribution in [-0.2, 0) is 196 Å². The number of halogens is 16. The zero-order valence-electron chi connectivity index (χ0n) is 80.3. The van der Waals surface area contributed by atoms with Crippen LogP contribution < -0.4 is 0 Å². The number of nitrogens with zero attached hydrogens (tertiary/aromatic N) is 2. The van der Waals surface area contributed by atoms with Crippen molar-refractivity contribution in [2.24, 2.45) is 32.5 Å². The molecule has 0 aromatic carbocycles. The van der Waals surface area contributed by atoms with Crippen LogP contribution in [0.5, 0.6) is 0 Å². The van der Waals surface area contributed by atoms with Gasteiger partial charge in [-0.05, 0) is 158 Å². The summed E-state index contributed by atoms with van der Waals surface area (Å²) in [4.78, 5) is 69.7. The first-order valence-corrected chi connectivity index (χ1v) is 63.3. The van der Waals surface area contributed by atoms with E-state index in [0.717, 1.165) is 6.26 Å². The van der Waals surface area contributed by atoms with Crippen LogP contribution >= 0.6 is 0 Å². The maximum Gasteiger partial charge on any atom is 0.470 e. The van der Waals surface area contributed by atoms with E-state index < -0.39 is 321 Å². The SMILES string of the molecule is CCC(C)(C)C(=O)OCCC(F)(F)CC(F)(F)C[C-](S(C)(=O)=O)S(=O)(=O)C(F)(F)F.CCC(C)(C)C(=O)OCCCCS(=O)(=O)[C-](S(C)(=O)=O)S(=O)(=O)C(F)(F)F.CCC(C)(C)C(=O)OCCCCS(=O)(=O)[N-]S(C)(=O)=O.CCC(C)(C)C(=O)OCCS(=O)(=O)[C-](S(C)(=O)=O)S(=O)(=O)C(F)(F)F.CCC(C)(C)C(=O)OCCS(=O)(=O)[N-]S(C)(=O)=O.CCC(C)(C)C(=O)OC[C-](S(C)(=O)=O)S(=O)(=O)C(F)(F)F. The fraction of sp³-hybridized carbons (Fsp3) is 0.855. The van der Waals surface area contributed by atoms with Crippen LogP contribution in [0.4, 0.5) is 70.2 Å². The summed E-state index contributed by atoms with van der Waals surface area (Å²) in [6, 6.07) is 0. The number of ether oxygens (including phenoxy) is 6. The maximum atomic E-state index is 13.9. The van der Waals surface area contributed by atoms with Gasteiger partial charge < -0.3 is 36.7 Å². The van der Waals surface area contributed by atoms with E-state index in [2.05, 4.69) is 22.5 Å². The van der Waals surface area contributed by atoms with Gasteiger partial charge in [-0.2, -0.15) is 52.7 Å². The molecule has 0 atom stereocenters. The van der Waals surface area contributed by atoms with Crippen LogP contribution in [0.1, 0.15) is 208 Å². The number of carbonyl (C=O) groups is 6. The van der Waals surface area contributed by atoms with Crippen LogP contribution in [0, 0.1) is 49.5 Å². The van der Waals surface area contributed by atoms with E-state index in [1.807, 2.05) is 6.92 Å². The van der Waals surface area contributed by atoms with Crippen molar-refractivity contribution < 1.29 is 245 Å². The molecule has 0 bridgehead atoms. The molecule has 0 spiro atoms. The van der Waals surface area contributed by atoms with Gasteiger partial charge in [0.1, 0.15) is 32.9 Å². The van der Waals surface area contributed by atoms with Crippen molar-refractivity contribution in [2.75, 3.05) is 100 Å². The number of alkyl halides is 16. The van der Waals surface area contributed by atoms with Crippen LogP contribution in [0.3, 0.4) is 0 Å². The smallest absolute Gasteiger partial charge is 0.470 e. The number of unbranched alkanes of at least 4 members (excludes halogenated alkanes) is 2. The van der Waals surface area contributed by atoms with Gasteiger partial charge in [0.15, 0.2) is 19.7 Å². The third-order valence-electron chi connectivity index (χ3n) is 18.5. The molecule has 0 unspecified atom stereocenters. The molecule has 0 aromatic rings. The van der Waals surface area contributed by atoms with Gasteiger partial charge in [0, 0.05) is 75.1 Å². The number of sulfonamides is 4. The van der Waals surface area contributed by atoms with Crippen LogP contribution in [0.15, 0.2) is 0 Å². The molecule has 0 saturated carbocycles. The molecule has 846 valence electrons. The van der Waals surface area contributed by atoms with Gasteiger partial charge in [-0.15, -0.1) is 0 Å². The minimum absolute atomic E-state index is 0.0232. The fourth-order valence-electron chi connectivity index (χ4n) is 7.89. The lowest BCUT2D eigenvalue weighted by Gasteiger charge is -2.34. The Morgan fingerprint density at radius 3 is 0.738 bits per heavy atom. The third-order valence-corrected chi connectivity index (χ3v) is 46.9. The van der Waals surface area contributed by atoms with Crippen molar-refractivity contribution in [3.63, 3.8) is 0 Å². The number of hydrogen-bond acceptors (Lipinski definition) is 40. The van der Waals surface area contributed by atoms with Gasteiger partial charge in [-0.25, -0.2) is 51.2 Å². The van der Waals surface area contributed by atoms with Gasteiger partial charge in [0.25, 0.3) is 5.92 Å². The molecule has 0 fully saturated rings. The summed E-state index contributed by atoms with van der Waals surface area (Å²) in [6.45, 7) is 25.0. The molecule has 0 N–H and O–H groups in total. The van der Waals surface area contributed by atoms with Gasteiger partial charge in [-0.1, -0.05) is 52.5 Å². The lowest BCUT2D eigenvalue weighted by molar-refractivity contribution is -0.159. The Hall–Kier alpha value is -5.08. The van der Waals surface area contributed by atoms with Crippen LogP contribution in [0.25, 0.3) is 8.25 Å². The molecule has 0 aliphatic rings. The Bertz CT molecular complexity index is 5930. The summed E-state index contributed by atoms with van der Waals surface area (Å²) in [6.07, 6.45) is -2.23. The molecule has 0 aliphatic heterocycles. The molecule has 0 saturated heterocycles. The number of esters is 6. The first-order chi connectivity index (χ1) is 61.5. The standard InChI is InChI=1S/C15H22F7O6S2.C13H22F3O8S3.C11H18F3O8S3.C11H22NO6S2.C10H16F3O6S2.C9H18NO6S2/c1-5-12(2,3)11(23)28-7-6-13(16,17)9-14(18,19)8-10(29(4,24)25)30(26,27)15(20,21)22;1-5-12(2,3)10(17)24-8-6-7-9-26(20,21)11(25(4,18)19)27(22,23)13(14,15)16;1-5-10(2,3)8(15)22-6-7-24(18,19)9(23(4,16)17)25(20,21)11(12,13)14;1-5-11(2,3)10(13)18-8-6-7-9-20(16,17)12-19(4,14)15;1-5-9(2,3)8(14)19-6-7(20(4,15)16)21(17,18)10(11,12)13;1-5-9(2,3)8(11)16-6-7-18(14,15)10-17(4,12)13/h5-9H2,1-4H3;5-9H2,1-4H3;5-7H2,1-4H3;5-9H2,1-4H3;5-6H2,1-4H3;5-7H2,1-4H3/q6*-1. The lowest BCUT2D eigenvalue weighted by atomic mass is 9.91. The van der Waals surface area contributed by atoms with Gasteiger partial charge in [0.05, 0.1) is 158 Å². The first-order valence-electron chi connectivity index (χ1n) is 39.5. The summed E-state index contributed by atoms with van der Waals surface area (Å²) < 4.78 is 547. The molecular formula is C69H118F16N2O40S14-6. The van der Waals surface area contributed by atoms with Crippen molar-refractivity contribution in [1.29, 1.82) is 0 Å². The Kier molecular flexibility index (Phi) is 56.0. The van der Waals surface area contributed by atoms with Crippen molar-refractivity contribution in [3.8, 4) is 0 Å². The number of carbonyl (C=O) groups excluding carboxylic acids is 6. The molecule has 0 amide bonds. The lowest BCUT2D eigenvalue weighted by Crippen LogP contribution is -2.39. The highest BCUT2D eigenvalue weighted by Crippen LogP contribution is 2.46. The summed E-state index contributed by atoms with van der Waals surface area (Å²) in [5, 5.41) is 0. The molecule has 0 radical (unpaired) electrons. The second-order valence-electron chi connectivity index (χ2n) is 33.9. The summed E-state index contributed by atoms with van der Waals surface area (Å²) in [7, 11) is -73.2. The quantitative estimate of drug-likeness (QED) is 0.0180. The van der Waals surface area contributed by atoms with E-state index in [0.29, 0.717) is 44.6 Å². The number of sulfone groups is 10. The Morgan fingerprint density at radius 1 is 0.262 bits per heavy atom. The number of hydrogen-bond donors (Lipinski definition) is 0. The zero-order chi connectivity index (χ0) is 115. The maximum absolute atomic E-state index is 13.9. The molecular weight excluding hydrogens is 2250 g/mol. The monoisotopic (exact) mass is 2370 g/mol. The van der Waals surface area contributed by atoms with Crippen LogP contribution in [-0.4, -0.2) is 288 Å². The normalized spacial score (nSPS) is 14.2. The summed E-state index contributed by atoms with van der Waals surface area (Å²) >= 11 is 0. The van der Waals surface area contributed by atoms with E-state index in [1.165, 1.54) is 41.5 Å². The minimum atomic E-state index is -6.70. The second kappa shape index (κ2) is 53.9. The summed E-state index contributed by atoms with van der Waals surface area (Å²) in [5.41, 5.74) is -29.4. The van der Waals surface area contributed by atoms with E-state index in [-0.39, 0.29) is 69.4 Å². The van der Waals surface area contributed by atoms with Crippen molar-refractivity contribution in [2.45, 2.75) is 242 Å². The van der Waals surface area contributed by atoms with Gasteiger partial charge in [0.2, 0.25) is 5.92 Å². The van der Waals surface area contributed by atoms with Crippen molar-refractivity contribution in [1.82, 2.24) is 0 Å². The predicted molar refractivity (Wildman–Crippen MR) is 476 cm³/mol. The van der Waals surface area contributed by atoms with Crippen molar-refractivity contribution >= 4 is 174 Å². The minimum Gasteiger partial charge on any atom is -0.496 e. The van der Waals surface area contributed by atoms with Crippen molar-refractivity contribution in [3.05, 3.63) is 25.2 Å².